The van der Waals surface area contributed by atoms with Gasteiger partial charge in [0.25, 0.3) is 5.56 Å². The molecule has 0 unspecified atom stereocenters. The predicted octanol–water partition coefficient (Wildman–Crippen LogP) is 7.20. The second-order valence-electron chi connectivity index (χ2n) is 8.81. The molecule has 37 heavy (non-hydrogen) atoms. The minimum Gasteiger partial charge on any atom is -0.324 e. The van der Waals surface area contributed by atoms with Crippen LogP contribution in [0.3, 0.4) is 0 Å². The molecular weight excluding hydrogens is 523 g/mol. The third kappa shape index (κ3) is 6.17. The number of hydrogen-bond donors (Lipinski definition) is 1. The molecule has 0 bridgehead atoms. The van der Waals surface area contributed by atoms with E-state index in [4.69, 9.17) is 11.6 Å². The van der Waals surface area contributed by atoms with Crippen LogP contribution in [0.2, 0.25) is 5.02 Å². The SMILES string of the molecule is CC(C)Cn1c(S[C@@H](C(=O)Nc2ccc(Cl)cc2C(F)(F)F)c2ccccc2)nc2ccccc2c1=O. The zero-order chi connectivity index (χ0) is 26.7. The number of halogens is 4. The molecule has 0 saturated carbocycles. The molecule has 1 heterocycles. The molecule has 1 aromatic heterocycles. The number of carbonyl (C=O) groups is 1. The Bertz CT molecular complexity index is 1490. The van der Waals surface area contributed by atoms with Crippen molar-refractivity contribution in [3.8, 4) is 0 Å². The summed E-state index contributed by atoms with van der Waals surface area (Å²) in [6, 6.07) is 18.7. The van der Waals surface area contributed by atoms with Crippen LogP contribution >= 0.6 is 23.4 Å². The summed E-state index contributed by atoms with van der Waals surface area (Å²) < 4.78 is 42.5. The maximum absolute atomic E-state index is 13.7. The van der Waals surface area contributed by atoms with Crippen molar-refractivity contribution in [1.29, 1.82) is 0 Å². The summed E-state index contributed by atoms with van der Waals surface area (Å²) in [5.74, 6) is -0.588. The quantitative estimate of drug-likeness (QED) is 0.197. The van der Waals surface area contributed by atoms with Gasteiger partial charge in [-0.2, -0.15) is 13.2 Å². The Morgan fingerprint density at radius 2 is 1.73 bits per heavy atom. The van der Waals surface area contributed by atoms with Gasteiger partial charge in [0.05, 0.1) is 22.2 Å². The van der Waals surface area contributed by atoms with Crippen LogP contribution in [-0.2, 0) is 17.5 Å². The number of nitrogens with zero attached hydrogens (tertiary/aromatic N) is 2. The number of rotatable bonds is 7. The molecule has 0 aliphatic rings. The number of aromatic nitrogens is 2. The highest BCUT2D eigenvalue weighted by atomic mass is 35.5. The molecule has 0 radical (unpaired) electrons. The lowest BCUT2D eigenvalue weighted by atomic mass is 10.1. The molecule has 4 rings (SSSR count). The molecule has 0 spiro atoms. The van der Waals surface area contributed by atoms with Crippen LogP contribution in [0.5, 0.6) is 0 Å². The number of carbonyl (C=O) groups excluding carboxylic acids is 1. The van der Waals surface area contributed by atoms with Gasteiger partial charge in [-0.25, -0.2) is 4.98 Å². The number of benzene rings is 3. The summed E-state index contributed by atoms with van der Waals surface area (Å²) >= 11 is 6.80. The summed E-state index contributed by atoms with van der Waals surface area (Å²) in [6.07, 6.45) is -4.72. The number of thioether (sulfide) groups is 1. The number of fused-ring (bicyclic) bond motifs is 1. The van der Waals surface area contributed by atoms with Crippen LogP contribution in [0, 0.1) is 5.92 Å². The fraction of sp³-hybridized carbons (Fsp3) is 0.222. The van der Waals surface area contributed by atoms with Crippen LogP contribution in [0.4, 0.5) is 18.9 Å². The highest BCUT2D eigenvalue weighted by molar-refractivity contribution is 8.00. The third-order valence-electron chi connectivity index (χ3n) is 5.48. The van der Waals surface area contributed by atoms with Gasteiger partial charge in [0.15, 0.2) is 5.16 Å². The predicted molar refractivity (Wildman–Crippen MR) is 141 cm³/mol. The van der Waals surface area contributed by atoms with Crippen molar-refractivity contribution in [2.24, 2.45) is 5.92 Å². The molecule has 1 amide bonds. The number of hydrogen-bond acceptors (Lipinski definition) is 4. The minimum absolute atomic E-state index is 0.0997. The van der Waals surface area contributed by atoms with Crippen molar-refractivity contribution in [3.63, 3.8) is 0 Å². The van der Waals surface area contributed by atoms with E-state index in [1.54, 1.807) is 54.6 Å². The second kappa shape index (κ2) is 11.0. The maximum Gasteiger partial charge on any atom is 0.418 e. The van der Waals surface area contributed by atoms with Crippen molar-refractivity contribution in [2.75, 3.05) is 5.32 Å². The Morgan fingerprint density at radius 1 is 1.05 bits per heavy atom. The average molecular weight is 546 g/mol. The first kappa shape index (κ1) is 26.8. The summed E-state index contributed by atoms with van der Waals surface area (Å²) in [6.45, 7) is 4.27. The van der Waals surface area contributed by atoms with Crippen molar-refractivity contribution in [3.05, 3.63) is 99.3 Å². The molecule has 0 fully saturated rings. The van der Waals surface area contributed by atoms with Crippen molar-refractivity contribution >= 4 is 45.9 Å². The van der Waals surface area contributed by atoms with Crippen LogP contribution in [-0.4, -0.2) is 15.5 Å². The Hall–Kier alpha value is -3.30. The molecule has 3 aromatic carbocycles. The molecule has 0 aliphatic heterocycles. The fourth-order valence-electron chi connectivity index (χ4n) is 3.83. The molecule has 192 valence electrons. The molecule has 10 heteroatoms. The Balaban J connectivity index is 1.79. The van der Waals surface area contributed by atoms with E-state index in [9.17, 15) is 22.8 Å². The van der Waals surface area contributed by atoms with Gasteiger partial charge in [0, 0.05) is 11.6 Å². The van der Waals surface area contributed by atoms with Crippen molar-refractivity contribution in [2.45, 2.75) is 37.0 Å². The molecule has 5 nitrogen and oxygen atoms in total. The number of amides is 1. The summed E-state index contributed by atoms with van der Waals surface area (Å²) in [7, 11) is 0. The minimum atomic E-state index is -4.72. The largest absolute Gasteiger partial charge is 0.418 e. The van der Waals surface area contributed by atoms with E-state index in [0.29, 0.717) is 28.2 Å². The van der Waals surface area contributed by atoms with Crippen molar-refractivity contribution in [1.82, 2.24) is 9.55 Å². The van der Waals surface area contributed by atoms with Gasteiger partial charge in [0.2, 0.25) is 5.91 Å². The molecule has 0 aliphatic carbocycles. The fourth-order valence-corrected chi connectivity index (χ4v) is 5.11. The third-order valence-corrected chi connectivity index (χ3v) is 6.96. The van der Waals surface area contributed by atoms with Gasteiger partial charge < -0.3 is 5.32 Å². The maximum atomic E-state index is 13.7. The van der Waals surface area contributed by atoms with E-state index in [2.05, 4.69) is 10.3 Å². The van der Waals surface area contributed by atoms with Crippen LogP contribution in [0.25, 0.3) is 10.9 Å². The second-order valence-corrected chi connectivity index (χ2v) is 10.3. The smallest absolute Gasteiger partial charge is 0.324 e. The van der Waals surface area contributed by atoms with E-state index in [1.165, 1.54) is 10.6 Å². The van der Waals surface area contributed by atoms with Gasteiger partial charge in [-0.3, -0.25) is 14.2 Å². The number of anilines is 1. The number of alkyl halides is 3. The average Bonchev–Trinajstić information content (AvgIpc) is 2.85. The van der Waals surface area contributed by atoms with Gasteiger partial charge >= 0.3 is 6.18 Å². The molecule has 4 aromatic rings. The lowest BCUT2D eigenvalue weighted by molar-refractivity contribution is -0.137. The van der Waals surface area contributed by atoms with Crippen molar-refractivity contribution < 1.29 is 18.0 Å². The lowest BCUT2D eigenvalue weighted by Crippen LogP contribution is -2.27. The number of para-hydroxylation sites is 1. The Labute approximate surface area is 220 Å². The zero-order valence-electron chi connectivity index (χ0n) is 19.9. The summed E-state index contributed by atoms with van der Waals surface area (Å²) in [5.41, 5.74) is -0.684. The highest BCUT2D eigenvalue weighted by Gasteiger charge is 2.35. The van der Waals surface area contributed by atoms with E-state index in [-0.39, 0.29) is 16.5 Å². The van der Waals surface area contributed by atoms with Gasteiger partial charge in [-0.05, 0) is 41.8 Å². The molecular formula is C27H23ClF3N3O2S. The monoisotopic (exact) mass is 545 g/mol. The standard InChI is InChI=1S/C27H23ClF3N3O2S/c1-16(2)15-34-25(36)19-10-6-7-11-21(19)33-26(34)37-23(17-8-4-3-5-9-17)24(35)32-22-13-12-18(28)14-20(22)27(29,30)31/h3-14,16,23H,15H2,1-2H3,(H,32,35)/t23-/m1/s1. The van der Waals surface area contributed by atoms with Gasteiger partial charge in [-0.15, -0.1) is 0 Å². The first-order valence-electron chi connectivity index (χ1n) is 11.4. The van der Waals surface area contributed by atoms with E-state index >= 15 is 0 Å². The van der Waals surface area contributed by atoms with E-state index in [1.807, 2.05) is 13.8 Å². The Morgan fingerprint density at radius 3 is 2.41 bits per heavy atom. The number of nitrogens with one attached hydrogen (secondary N) is 1. The van der Waals surface area contributed by atoms with E-state index < -0.39 is 28.6 Å². The lowest BCUT2D eigenvalue weighted by Gasteiger charge is -2.21. The van der Waals surface area contributed by atoms with Crippen LogP contribution < -0.4 is 10.9 Å². The molecule has 1 N–H and O–H groups in total. The topological polar surface area (TPSA) is 64.0 Å². The van der Waals surface area contributed by atoms with Crippen LogP contribution in [0.15, 0.2) is 82.7 Å². The van der Waals surface area contributed by atoms with E-state index in [0.717, 1.165) is 23.9 Å². The first-order chi connectivity index (χ1) is 17.5. The summed E-state index contributed by atoms with van der Waals surface area (Å²) in [5, 5.41) is 2.07. The highest BCUT2D eigenvalue weighted by Crippen LogP contribution is 2.39. The molecule has 0 saturated heterocycles. The normalized spacial score (nSPS) is 12.6. The zero-order valence-corrected chi connectivity index (χ0v) is 21.5. The first-order valence-corrected chi connectivity index (χ1v) is 12.7. The summed E-state index contributed by atoms with van der Waals surface area (Å²) in [4.78, 5) is 31.5. The van der Waals surface area contributed by atoms with Crippen LogP contribution in [0.1, 0.15) is 30.2 Å². The molecule has 1 atom stereocenters. The Kier molecular flexibility index (Phi) is 7.94. The van der Waals surface area contributed by atoms with Gasteiger partial charge in [-0.1, -0.05) is 79.7 Å². The van der Waals surface area contributed by atoms with Gasteiger partial charge in [0.1, 0.15) is 5.25 Å².